The first kappa shape index (κ1) is 19.4. The SMILES string of the molecule is [C-]#[N+]N=S(=O)(NC(=O)Nc1c2c(cc3c1CCC3)CCC2)c1ccc(CO)cc1. The lowest BCUT2D eigenvalue weighted by molar-refractivity contribution is 0.256. The molecule has 1 atom stereocenters. The molecule has 1 unspecified atom stereocenters. The molecule has 29 heavy (non-hydrogen) atoms. The van der Waals surface area contributed by atoms with E-state index in [1.807, 2.05) is 0 Å². The first-order chi connectivity index (χ1) is 14.0. The lowest BCUT2D eigenvalue weighted by Gasteiger charge is -2.17. The van der Waals surface area contributed by atoms with Crippen molar-refractivity contribution in [2.45, 2.75) is 50.0 Å². The normalized spacial score (nSPS) is 16.3. The van der Waals surface area contributed by atoms with Crippen LogP contribution < -0.4 is 10.0 Å². The number of nitrogens with zero attached hydrogens (tertiary/aromatic N) is 2. The molecule has 0 saturated heterocycles. The number of benzene rings is 2. The number of aliphatic hydroxyl groups is 1. The number of carbonyl (C=O) groups excluding carboxylic acids is 1. The number of fused-ring (bicyclic) bond motifs is 2. The molecule has 0 heterocycles. The van der Waals surface area contributed by atoms with Crippen molar-refractivity contribution in [3.05, 3.63) is 69.7 Å². The Kier molecular flexibility index (Phi) is 5.26. The van der Waals surface area contributed by atoms with E-state index in [1.54, 1.807) is 12.1 Å². The van der Waals surface area contributed by atoms with Gasteiger partial charge in [0.1, 0.15) is 0 Å². The van der Waals surface area contributed by atoms with E-state index >= 15 is 0 Å². The maximum absolute atomic E-state index is 13.2. The number of hydrogen-bond donors (Lipinski definition) is 3. The molecule has 0 aromatic heterocycles. The molecule has 3 N–H and O–H groups in total. The van der Waals surface area contributed by atoms with Crippen LogP contribution in [0, 0.1) is 6.57 Å². The highest BCUT2D eigenvalue weighted by Crippen LogP contribution is 2.38. The smallest absolute Gasteiger partial charge is 0.332 e. The summed E-state index contributed by atoms with van der Waals surface area (Å²) in [5, 5.41) is 12.1. The second-order valence-electron chi connectivity index (χ2n) is 7.30. The summed E-state index contributed by atoms with van der Waals surface area (Å²) in [6, 6.07) is 7.81. The van der Waals surface area contributed by atoms with Gasteiger partial charge in [-0.1, -0.05) is 18.2 Å². The van der Waals surface area contributed by atoms with Crippen molar-refractivity contribution < 1.29 is 14.1 Å². The van der Waals surface area contributed by atoms with Gasteiger partial charge < -0.3 is 10.4 Å². The van der Waals surface area contributed by atoms with Gasteiger partial charge in [-0.2, -0.15) is 6.57 Å². The maximum atomic E-state index is 13.2. The average molecular weight is 410 g/mol. The van der Waals surface area contributed by atoms with E-state index in [2.05, 4.69) is 25.5 Å². The molecule has 4 rings (SSSR count). The second-order valence-corrected chi connectivity index (χ2v) is 9.19. The summed E-state index contributed by atoms with van der Waals surface area (Å²) < 4.78 is 19.1. The highest BCUT2D eigenvalue weighted by molar-refractivity contribution is 7.92. The number of nitrogens with one attached hydrogen (secondary N) is 2. The molecular formula is C21H22N4O3S. The van der Waals surface area contributed by atoms with Crippen molar-refractivity contribution in [1.82, 2.24) is 4.72 Å². The summed E-state index contributed by atoms with van der Waals surface area (Å²) in [6.45, 7) is 6.87. The number of aryl methyl sites for hydroxylation is 2. The molecule has 0 radical (unpaired) electrons. The summed E-state index contributed by atoms with van der Waals surface area (Å²) in [5.74, 6) is 0. The van der Waals surface area contributed by atoms with Gasteiger partial charge in [0, 0.05) is 5.69 Å². The van der Waals surface area contributed by atoms with Crippen LogP contribution in [0.5, 0.6) is 0 Å². The highest BCUT2D eigenvalue weighted by Gasteiger charge is 2.26. The molecule has 0 bridgehead atoms. The molecule has 0 fully saturated rings. The van der Waals surface area contributed by atoms with Gasteiger partial charge in [0.25, 0.3) is 0 Å². The average Bonchev–Trinajstić information content (AvgIpc) is 3.37. The van der Waals surface area contributed by atoms with Crippen LogP contribution in [0.1, 0.15) is 40.7 Å². The summed E-state index contributed by atoms with van der Waals surface area (Å²) in [7, 11) is -3.46. The predicted molar refractivity (Wildman–Crippen MR) is 110 cm³/mol. The lowest BCUT2D eigenvalue weighted by Crippen LogP contribution is -2.34. The molecule has 2 aliphatic rings. The van der Waals surface area contributed by atoms with Crippen LogP contribution in [0.25, 0.3) is 4.95 Å². The van der Waals surface area contributed by atoms with E-state index in [4.69, 9.17) is 6.57 Å². The number of anilines is 1. The Labute approximate surface area is 170 Å². The highest BCUT2D eigenvalue weighted by atomic mass is 32.2. The quantitative estimate of drug-likeness (QED) is 0.531. The number of amides is 2. The molecular weight excluding hydrogens is 388 g/mol. The first-order valence-electron chi connectivity index (χ1n) is 9.62. The molecule has 2 aliphatic carbocycles. The lowest BCUT2D eigenvalue weighted by atomic mass is 9.99. The van der Waals surface area contributed by atoms with Crippen LogP contribution in [0.15, 0.2) is 39.7 Å². The van der Waals surface area contributed by atoms with Crippen molar-refractivity contribution in [2.24, 2.45) is 4.47 Å². The van der Waals surface area contributed by atoms with Gasteiger partial charge in [-0.25, -0.2) is 13.7 Å². The third-order valence-electron chi connectivity index (χ3n) is 5.52. The van der Waals surface area contributed by atoms with Crippen LogP contribution in [0.4, 0.5) is 10.5 Å². The van der Waals surface area contributed by atoms with Gasteiger partial charge >= 0.3 is 6.03 Å². The van der Waals surface area contributed by atoms with E-state index in [0.717, 1.165) is 44.2 Å². The fraction of sp³-hybridized carbons (Fsp3) is 0.333. The van der Waals surface area contributed by atoms with Crippen LogP contribution in [0.2, 0.25) is 0 Å². The Morgan fingerprint density at radius 3 is 2.28 bits per heavy atom. The van der Waals surface area contributed by atoms with E-state index in [1.165, 1.54) is 34.4 Å². The zero-order chi connectivity index (χ0) is 20.4. The fourth-order valence-electron chi connectivity index (χ4n) is 4.20. The second kappa shape index (κ2) is 7.85. The van der Waals surface area contributed by atoms with Gasteiger partial charge in [0.05, 0.1) is 11.5 Å². The van der Waals surface area contributed by atoms with Gasteiger partial charge in [0.2, 0.25) is 9.92 Å². The van der Waals surface area contributed by atoms with E-state index in [0.29, 0.717) is 5.56 Å². The van der Waals surface area contributed by atoms with Crippen LogP contribution >= 0.6 is 0 Å². The number of urea groups is 1. The molecule has 2 aromatic rings. The van der Waals surface area contributed by atoms with E-state index in [9.17, 15) is 14.1 Å². The van der Waals surface area contributed by atoms with Crippen molar-refractivity contribution in [3.8, 4) is 0 Å². The number of carbonyl (C=O) groups is 1. The Bertz CT molecular complexity index is 1090. The first-order valence-corrected chi connectivity index (χ1v) is 11.1. The summed E-state index contributed by atoms with van der Waals surface area (Å²) in [4.78, 5) is 15.9. The van der Waals surface area contributed by atoms with Crippen molar-refractivity contribution in [2.75, 3.05) is 5.32 Å². The number of rotatable bonds is 4. The molecule has 8 heteroatoms. The van der Waals surface area contributed by atoms with Gasteiger partial charge in [0.15, 0.2) is 4.47 Å². The molecule has 150 valence electrons. The molecule has 2 aromatic carbocycles. The van der Waals surface area contributed by atoms with E-state index < -0.39 is 15.9 Å². The summed E-state index contributed by atoms with van der Waals surface area (Å²) in [5.41, 5.74) is 6.38. The van der Waals surface area contributed by atoms with Gasteiger partial charge in [-0.15, -0.1) is 4.95 Å². The Balaban J connectivity index is 1.63. The van der Waals surface area contributed by atoms with Crippen molar-refractivity contribution in [3.63, 3.8) is 0 Å². The number of hydrogen-bond acceptors (Lipinski definition) is 4. The minimum atomic E-state index is -3.46. The third kappa shape index (κ3) is 3.71. The minimum absolute atomic E-state index is 0.153. The Hall–Kier alpha value is -2.89. The topological polar surface area (TPSA) is 95.2 Å². The molecule has 2 amide bonds. The van der Waals surface area contributed by atoms with Crippen molar-refractivity contribution in [1.29, 1.82) is 0 Å². The molecule has 7 nitrogen and oxygen atoms in total. The third-order valence-corrected chi connectivity index (χ3v) is 7.21. The molecule has 0 spiro atoms. The van der Waals surface area contributed by atoms with Crippen molar-refractivity contribution >= 4 is 21.6 Å². The Morgan fingerprint density at radius 1 is 1.10 bits per heavy atom. The largest absolute Gasteiger partial charge is 0.392 e. The van der Waals surface area contributed by atoms with Gasteiger partial charge in [-0.3, -0.25) is 0 Å². The molecule has 0 aliphatic heterocycles. The summed E-state index contributed by atoms with van der Waals surface area (Å²) >= 11 is 0. The van der Waals surface area contributed by atoms with Crippen LogP contribution in [-0.2, 0) is 42.2 Å². The molecule has 0 saturated carbocycles. The van der Waals surface area contributed by atoms with Gasteiger partial charge in [-0.05, 0) is 78.5 Å². The Morgan fingerprint density at radius 2 is 1.72 bits per heavy atom. The minimum Gasteiger partial charge on any atom is -0.392 e. The predicted octanol–water partition coefficient (Wildman–Crippen LogP) is 3.55. The zero-order valence-corrected chi connectivity index (χ0v) is 16.7. The zero-order valence-electron chi connectivity index (χ0n) is 15.9. The monoisotopic (exact) mass is 410 g/mol. The van der Waals surface area contributed by atoms with Crippen LogP contribution in [-0.4, -0.2) is 15.3 Å². The maximum Gasteiger partial charge on any atom is 0.332 e. The fourth-order valence-corrected chi connectivity index (χ4v) is 5.37. The number of aliphatic hydroxyl groups excluding tert-OH is 1. The van der Waals surface area contributed by atoms with Crippen LogP contribution in [0.3, 0.4) is 0 Å². The van der Waals surface area contributed by atoms with E-state index in [-0.39, 0.29) is 11.5 Å². The standard InChI is InChI=1S/C21H22N4O3S/c1-22-25-29(28,17-10-8-14(13-26)9-11-17)24-21(27)23-20-18-6-2-4-15(18)12-16-5-3-7-19(16)20/h8-12,26H,2-7,13H2,(H2,23,24,25,27,28). The summed E-state index contributed by atoms with van der Waals surface area (Å²) in [6.07, 6.45) is 6.00.